The molecular weight excluding hydrogens is 386 g/mol. The number of halogens is 1. The lowest BCUT2D eigenvalue weighted by molar-refractivity contribution is -0.117. The molecule has 4 nitrogen and oxygen atoms in total. The average Bonchev–Trinajstić information content (AvgIpc) is 2.56. The first kappa shape index (κ1) is 18.5. The molecule has 0 fully saturated rings. The summed E-state index contributed by atoms with van der Waals surface area (Å²) in [6.07, 6.45) is 0. The van der Waals surface area contributed by atoms with Crippen LogP contribution < -0.4 is 5.32 Å². The van der Waals surface area contributed by atoms with Gasteiger partial charge in [-0.05, 0) is 36.9 Å². The molecule has 0 saturated heterocycles. The first-order chi connectivity index (χ1) is 11.6. The van der Waals surface area contributed by atoms with Crippen LogP contribution in [-0.2, 0) is 11.3 Å². The molecule has 124 valence electrons. The molecule has 0 unspecified atom stereocenters. The lowest BCUT2D eigenvalue weighted by atomic mass is 10.2. The molecule has 0 radical (unpaired) electrons. The van der Waals surface area contributed by atoms with Crippen molar-refractivity contribution in [1.82, 2.24) is 4.90 Å². The van der Waals surface area contributed by atoms with Gasteiger partial charge in [0, 0.05) is 15.9 Å². The second kappa shape index (κ2) is 9.48. The number of anilines is 1. The number of amides is 1. The van der Waals surface area contributed by atoms with Gasteiger partial charge in [0.2, 0.25) is 5.91 Å². The van der Waals surface area contributed by atoms with Crippen LogP contribution in [0.3, 0.4) is 0 Å². The van der Waals surface area contributed by atoms with Crippen LogP contribution in [0.15, 0.2) is 57.9 Å². The van der Waals surface area contributed by atoms with Gasteiger partial charge in [-0.2, -0.15) is 5.26 Å². The number of hydrogen-bond donors (Lipinski definition) is 1. The predicted octanol–water partition coefficient (Wildman–Crippen LogP) is 4.14. The average molecular weight is 404 g/mol. The Labute approximate surface area is 155 Å². The number of likely N-dealkylation sites (N-methyl/N-ethyl adjacent to an activating group) is 1. The third-order valence-corrected chi connectivity index (χ3v) is 4.70. The summed E-state index contributed by atoms with van der Waals surface area (Å²) in [6, 6.07) is 17.7. The van der Waals surface area contributed by atoms with Crippen LogP contribution in [-0.4, -0.2) is 30.2 Å². The zero-order valence-corrected chi connectivity index (χ0v) is 15.7. The van der Waals surface area contributed by atoms with Gasteiger partial charge in [-0.3, -0.25) is 9.69 Å². The van der Waals surface area contributed by atoms with Crippen LogP contribution in [0.25, 0.3) is 0 Å². The summed E-state index contributed by atoms with van der Waals surface area (Å²) in [5.41, 5.74) is 1.90. The molecule has 1 N–H and O–H groups in total. The van der Waals surface area contributed by atoms with Crippen molar-refractivity contribution in [1.29, 1.82) is 5.26 Å². The molecule has 0 spiro atoms. The highest BCUT2D eigenvalue weighted by Crippen LogP contribution is 2.26. The fraction of sp³-hybridized carbons (Fsp3) is 0.222. The third-order valence-electron chi connectivity index (χ3n) is 3.23. The van der Waals surface area contributed by atoms with E-state index in [9.17, 15) is 4.79 Å². The Morgan fingerprint density at radius 3 is 2.67 bits per heavy atom. The Morgan fingerprint density at radius 1 is 1.25 bits per heavy atom. The highest BCUT2D eigenvalue weighted by Gasteiger charge is 2.10. The van der Waals surface area contributed by atoms with Crippen molar-refractivity contribution >= 4 is 39.3 Å². The van der Waals surface area contributed by atoms with Crippen molar-refractivity contribution < 1.29 is 4.79 Å². The molecule has 0 heterocycles. The molecule has 0 aliphatic rings. The van der Waals surface area contributed by atoms with E-state index >= 15 is 0 Å². The Hall–Kier alpha value is -1.81. The Kier molecular flexibility index (Phi) is 7.32. The maximum Gasteiger partial charge on any atom is 0.238 e. The van der Waals surface area contributed by atoms with Crippen LogP contribution in [0, 0.1) is 11.3 Å². The van der Waals surface area contributed by atoms with Crippen LogP contribution in [0.4, 0.5) is 5.69 Å². The van der Waals surface area contributed by atoms with Crippen molar-refractivity contribution in [3.8, 4) is 6.07 Å². The largest absolute Gasteiger partial charge is 0.324 e. The molecule has 0 saturated carbocycles. The van der Waals surface area contributed by atoms with Crippen LogP contribution >= 0.6 is 27.7 Å². The molecule has 2 rings (SSSR count). The topological polar surface area (TPSA) is 56.1 Å². The van der Waals surface area contributed by atoms with Gasteiger partial charge in [-0.25, -0.2) is 0 Å². The Morgan fingerprint density at radius 2 is 1.96 bits per heavy atom. The quantitative estimate of drug-likeness (QED) is 0.705. The van der Waals surface area contributed by atoms with E-state index in [0.717, 1.165) is 20.6 Å². The molecule has 6 heteroatoms. The summed E-state index contributed by atoms with van der Waals surface area (Å²) in [4.78, 5) is 15.1. The third kappa shape index (κ3) is 6.00. The molecule has 2 aromatic rings. The number of rotatable bonds is 7. The van der Waals surface area contributed by atoms with Gasteiger partial charge in [-0.15, -0.1) is 11.8 Å². The monoisotopic (exact) mass is 403 g/mol. The Bertz CT molecular complexity index is 728. The first-order valence-electron chi connectivity index (χ1n) is 7.40. The zero-order chi connectivity index (χ0) is 17.4. The molecule has 0 aliphatic heterocycles. The molecule has 24 heavy (non-hydrogen) atoms. The Balaban J connectivity index is 1.91. The number of hydrogen-bond acceptors (Lipinski definition) is 4. The van der Waals surface area contributed by atoms with Gasteiger partial charge in [-0.1, -0.05) is 40.2 Å². The minimum absolute atomic E-state index is 0.0698. The number of carbonyl (C=O) groups is 1. The summed E-state index contributed by atoms with van der Waals surface area (Å²) in [5, 5.41) is 11.6. The van der Waals surface area contributed by atoms with Gasteiger partial charge in [0.15, 0.2) is 0 Å². The van der Waals surface area contributed by atoms with Crippen molar-refractivity contribution in [3.63, 3.8) is 0 Å². The number of nitrogens with zero attached hydrogens (tertiary/aromatic N) is 2. The molecule has 2 aromatic carbocycles. The van der Waals surface area contributed by atoms with Gasteiger partial charge in [0.25, 0.3) is 0 Å². The van der Waals surface area contributed by atoms with Crippen LogP contribution in [0.5, 0.6) is 0 Å². The molecule has 1 amide bonds. The van der Waals surface area contributed by atoms with E-state index in [4.69, 9.17) is 5.26 Å². The fourth-order valence-corrected chi connectivity index (χ4v) is 3.13. The van der Waals surface area contributed by atoms with E-state index < -0.39 is 0 Å². The molecular formula is C18H18BrN3OS. The van der Waals surface area contributed by atoms with Crippen molar-refractivity contribution in [3.05, 3.63) is 58.6 Å². The maximum absolute atomic E-state index is 12.3. The van der Waals surface area contributed by atoms with Crippen LogP contribution in [0.1, 0.15) is 5.56 Å². The smallest absolute Gasteiger partial charge is 0.238 e. The number of benzene rings is 2. The summed E-state index contributed by atoms with van der Waals surface area (Å²) >= 11 is 4.83. The molecule has 0 aromatic heterocycles. The van der Waals surface area contributed by atoms with E-state index in [-0.39, 0.29) is 5.91 Å². The maximum atomic E-state index is 12.3. The number of para-hydroxylation sites is 1. The van der Waals surface area contributed by atoms with Crippen molar-refractivity contribution in [2.75, 3.05) is 24.7 Å². The van der Waals surface area contributed by atoms with Crippen molar-refractivity contribution in [2.24, 2.45) is 0 Å². The standard InChI is InChI=1S/C18H18BrN3OS/c1-22(12-14-6-8-15(19)9-7-14)13-18(23)21-16-4-2-3-5-17(16)24-11-10-20/h2-9H,11-13H2,1H3,(H,21,23). The lowest BCUT2D eigenvalue weighted by Crippen LogP contribution is -2.30. The zero-order valence-electron chi connectivity index (χ0n) is 13.3. The summed E-state index contributed by atoms with van der Waals surface area (Å²) < 4.78 is 1.04. The van der Waals surface area contributed by atoms with Crippen LogP contribution in [0.2, 0.25) is 0 Å². The number of carbonyl (C=O) groups excluding carboxylic acids is 1. The molecule has 0 bridgehead atoms. The highest BCUT2D eigenvalue weighted by molar-refractivity contribution is 9.10. The van der Waals surface area contributed by atoms with Gasteiger partial charge < -0.3 is 5.32 Å². The summed E-state index contributed by atoms with van der Waals surface area (Å²) in [5.74, 6) is 0.288. The lowest BCUT2D eigenvalue weighted by Gasteiger charge is -2.17. The van der Waals surface area contributed by atoms with E-state index in [2.05, 4.69) is 27.3 Å². The first-order valence-corrected chi connectivity index (χ1v) is 9.18. The SMILES string of the molecule is CN(CC(=O)Nc1ccccc1SCC#N)Cc1ccc(Br)cc1. The van der Waals surface area contributed by atoms with E-state index in [1.807, 2.05) is 60.5 Å². The molecule has 0 atom stereocenters. The van der Waals surface area contributed by atoms with Gasteiger partial charge in [0.1, 0.15) is 0 Å². The second-order valence-electron chi connectivity index (χ2n) is 5.29. The van der Waals surface area contributed by atoms with E-state index in [1.54, 1.807) is 0 Å². The second-order valence-corrected chi connectivity index (χ2v) is 7.22. The highest BCUT2D eigenvalue weighted by atomic mass is 79.9. The van der Waals surface area contributed by atoms with E-state index in [0.29, 0.717) is 18.8 Å². The fourth-order valence-electron chi connectivity index (χ4n) is 2.20. The van der Waals surface area contributed by atoms with Gasteiger partial charge in [0.05, 0.1) is 24.1 Å². The number of nitrogens with one attached hydrogen (secondary N) is 1. The van der Waals surface area contributed by atoms with Crippen molar-refractivity contribution in [2.45, 2.75) is 11.4 Å². The summed E-state index contributed by atoms with van der Waals surface area (Å²) in [6.45, 7) is 0.999. The number of nitriles is 1. The van der Waals surface area contributed by atoms with E-state index in [1.165, 1.54) is 11.8 Å². The molecule has 0 aliphatic carbocycles. The minimum Gasteiger partial charge on any atom is -0.324 e. The minimum atomic E-state index is -0.0698. The predicted molar refractivity (Wildman–Crippen MR) is 102 cm³/mol. The normalized spacial score (nSPS) is 10.4. The summed E-state index contributed by atoms with van der Waals surface area (Å²) in [7, 11) is 1.91. The number of thioether (sulfide) groups is 1. The van der Waals surface area contributed by atoms with Gasteiger partial charge >= 0.3 is 0 Å².